The number of hydrogen-bond acceptors (Lipinski definition) is 1. The lowest BCUT2D eigenvalue weighted by atomic mass is 9.99. The molecule has 1 aliphatic carbocycles. The minimum absolute atomic E-state index is 1.14. The van der Waals surface area contributed by atoms with Crippen LogP contribution in [0.4, 0.5) is 0 Å². The Kier molecular flexibility index (Phi) is 1.78. The van der Waals surface area contributed by atoms with Crippen LogP contribution < -0.4 is 0 Å². The number of benzene rings is 2. The van der Waals surface area contributed by atoms with Gasteiger partial charge in [-0.2, -0.15) is 0 Å². The molecule has 1 heterocycles. The van der Waals surface area contributed by atoms with Crippen molar-refractivity contribution in [3.63, 3.8) is 0 Å². The van der Waals surface area contributed by atoms with Gasteiger partial charge in [-0.05, 0) is 47.2 Å². The molecule has 0 N–H and O–H groups in total. The molecule has 0 unspecified atom stereocenters. The molecule has 1 aliphatic rings. The first-order chi connectivity index (χ1) is 8.43. The molecular formula is C16H13N. The van der Waals surface area contributed by atoms with Crippen LogP contribution in [0.3, 0.4) is 0 Å². The first kappa shape index (κ1) is 9.17. The van der Waals surface area contributed by atoms with Crippen LogP contribution in [0.25, 0.3) is 21.7 Å². The summed E-state index contributed by atoms with van der Waals surface area (Å²) in [5.41, 5.74) is 4.13. The van der Waals surface area contributed by atoms with Gasteiger partial charge in [0.15, 0.2) is 0 Å². The topological polar surface area (TPSA) is 12.9 Å². The average molecular weight is 219 g/mol. The van der Waals surface area contributed by atoms with E-state index in [9.17, 15) is 0 Å². The fourth-order valence-corrected chi connectivity index (χ4v) is 3.03. The van der Waals surface area contributed by atoms with Gasteiger partial charge in [-0.25, -0.2) is 0 Å². The Hall–Kier alpha value is -1.89. The summed E-state index contributed by atoms with van der Waals surface area (Å²) in [6.45, 7) is 0. The number of hydrogen-bond donors (Lipinski definition) is 0. The largest absolute Gasteiger partial charge is 0.256 e. The molecule has 0 bridgehead atoms. The second-order valence-electron chi connectivity index (χ2n) is 4.80. The van der Waals surface area contributed by atoms with Gasteiger partial charge >= 0.3 is 0 Å². The van der Waals surface area contributed by atoms with Gasteiger partial charge < -0.3 is 0 Å². The third-order valence-corrected chi connectivity index (χ3v) is 3.83. The summed E-state index contributed by atoms with van der Waals surface area (Å²) >= 11 is 0. The van der Waals surface area contributed by atoms with Crippen molar-refractivity contribution in [3.8, 4) is 0 Å². The van der Waals surface area contributed by atoms with Crippen molar-refractivity contribution in [1.82, 2.24) is 4.98 Å². The van der Waals surface area contributed by atoms with Gasteiger partial charge in [0.1, 0.15) is 0 Å². The number of aromatic nitrogens is 1. The van der Waals surface area contributed by atoms with E-state index in [0.717, 1.165) is 5.52 Å². The Labute approximate surface area is 100 Å². The number of nitrogens with zero attached hydrogens (tertiary/aromatic N) is 1. The molecular weight excluding hydrogens is 206 g/mol. The van der Waals surface area contributed by atoms with Crippen molar-refractivity contribution in [2.45, 2.75) is 19.3 Å². The summed E-state index contributed by atoms with van der Waals surface area (Å²) < 4.78 is 0. The maximum atomic E-state index is 4.60. The Bertz CT molecular complexity index is 728. The van der Waals surface area contributed by atoms with Crippen molar-refractivity contribution in [2.75, 3.05) is 0 Å². The van der Waals surface area contributed by atoms with Gasteiger partial charge in [0, 0.05) is 11.6 Å². The van der Waals surface area contributed by atoms with Crippen LogP contribution in [0.15, 0.2) is 42.6 Å². The molecule has 0 spiro atoms. The standard InChI is InChI=1S/C16H13N/c1-2-6-13-11(4-1)8-9-15-16(13)14-7-3-5-12(14)10-17-15/h1-2,4,6,8-10H,3,5,7H2. The van der Waals surface area contributed by atoms with Gasteiger partial charge in [0.2, 0.25) is 0 Å². The van der Waals surface area contributed by atoms with Crippen LogP contribution in [0, 0.1) is 0 Å². The molecule has 0 atom stereocenters. The van der Waals surface area contributed by atoms with E-state index in [2.05, 4.69) is 47.6 Å². The van der Waals surface area contributed by atoms with E-state index in [4.69, 9.17) is 0 Å². The van der Waals surface area contributed by atoms with E-state index >= 15 is 0 Å². The first-order valence-electron chi connectivity index (χ1n) is 6.22. The summed E-state index contributed by atoms with van der Waals surface area (Å²) in [7, 11) is 0. The zero-order chi connectivity index (χ0) is 11.2. The van der Waals surface area contributed by atoms with Crippen LogP contribution >= 0.6 is 0 Å². The minimum Gasteiger partial charge on any atom is -0.256 e. The molecule has 4 rings (SSSR count). The predicted molar refractivity (Wildman–Crippen MR) is 71.3 cm³/mol. The SMILES string of the molecule is c1ccc2c(c1)ccc1ncc3c(c12)CCC3. The molecule has 1 aromatic heterocycles. The predicted octanol–water partition coefficient (Wildman–Crippen LogP) is 3.88. The van der Waals surface area contributed by atoms with Crippen LogP contribution in [-0.2, 0) is 12.8 Å². The average Bonchev–Trinajstić information content (AvgIpc) is 2.86. The van der Waals surface area contributed by atoms with E-state index in [0.29, 0.717) is 0 Å². The summed E-state index contributed by atoms with van der Waals surface area (Å²) in [6.07, 6.45) is 5.75. The van der Waals surface area contributed by atoms with E-state index in [1.54, 1.807) is 0 Å². The zero-order valence-electron chi connectivity index (χ0n) is 9.61. The highest BCUT2D eigenvalue weighted by molar-refractivity contribution is 6.08. The van der Waals surface area contributed by atoms with E-state index in [-0.39, 0.29) is 0 Å². The van der Waals surface area contributed by atoms with Crippen molar-refractivity contribution in [3.05, 3.63) is 53.7 Å². The van der Waals surface area contributed by atoms with Gasteiger partial charge in [-0.15, -0.1) is 0 Å². The Balaban J connectivity index is 2.27. The summed E-state index contributed by atoms with van der Waals surface area (Å²) in [5.74, 6) is 0. The molecule has 1 heteroatoms. The minimum atomic E-state index is 1.14. The lowest BCUT2D eigenvalue weighted by Crippen LogP contribution is -1.89. The highest BCUT2D eigenvalue weighted by Gasteiger charge is 2.15. The van der Waals surface area contributed by atoms with Crippen molar-refractivity contribution in [1.29, 1.82) is 0 Å². The van der Waals surface area contributed by atoms with Crippen LogP contribution in [0.5, 0.6) is 0 Å². The smallest absolute Gasteiger partial charge is 0.0711 e. The Morgan fingerprint density at radius 1 is 0.941 bits per heavy atom. The number of rotatable bonds is 0. The number of pyridine rings is 1. The maximum absolute atomic E-state index is 4.60. The molecule has 2 aromatic carbocycles. The van der Waals surface area contributed by atoms with E-state index in [1.807, 2.05) is 0 Å². The normalized spacial score (nSPS) is 14.4. The van der Waals surface area contributed by atoms with Crippen molar-refractivity contribution >= 4 is 21.7 Å². The van der Waals surface area contributed by atoms with Crippen molar-refractivity contribution in [2.24, 2.45) is 0 Å². The fourth-order valence-electron chi connectivity index (χ4n) is 3.03. The number of fused-ring (bicyclic) bond motifs is 5. The van der Waals surface area contributed by atoms with Crippen molar-refractivity contribution < 1.29 is 0 Å². The highest BCUT2D eigenvalue weighted by atomic mass is 14.7. The molecule has 0 aliphatic heterocycles. The highest BCUT2D eigenvalue weighted by Crippen LogP contribution is 2.33. The third kappa shape index (κ3) is 1.22. The van der Waals surface area contributed by atoms with Crippen LogP contribution in [0.1, 0.15) is 17.5 Å². The molecule has 1 nitrogen and oxygen atoms in total. The van der Waals surface area contributed by atoms with E-state index < -0.39 is 0 Å². The lowest BCUT2D eigenvalue weighted by molar-refractivity contribution is 0.912. The lowest BCUT2D eigenvalue weighted by Gasteiger charge is -2.08. The molecule has 0 amide bonds. The molecule has 0 radical (unpaired) electrons. The molecule has 0 saturated carbocycles. The second kappa shape index (κ2) is 3.30. The quantitative estimate of drug-likeness (QED) is 0.523. The van der Waals surface area contributed by atoms with Gasteiger partial charge in [0.25, 0.3) is 0 Å². The molecule has 17 heavy (non-hydrogen) atoms. The molecule has 3 aromatic rings. The molecule has 0 fully saturated rings. The van der Waals surface area contributed by atoms with Gasteiger partial charge in [0.05, 0.1) is 5.52 Å². The molecule has 82 valence electrons. The summed E-state index contributed by atoms with van der Waals surface area (Å²) in [4.78, 5) is 4.60. The Morgan fingerprint density at radius 2 is 1.88 bits per heavy atom. The maximum Gasteiger partial charge on any atom is 0.0711 e. The number of aryl methyl sites for hydroxylation is 2. The third-order valence-electron chi connectivity index (χ3n) is 3.83. The fraction of sp³-hybridized carbons (Fsp3) is 0.188. The summed E-state index contributed by atoms with van der Waals surface area (Å²) in [6, 6.07) is 12.9. The first-order valence-corrected chi connectivity index (χ1v) is 6.22. The van der Waals surface area contributed by atoms with Gasteiger partial charge in [-0.3, -0.25) is 4.98 Å². The Morgan fingerprint density at radius 3 is 2.88 bits per heavy atom. The van der Waals surface area contributed by atoms with E-state index in [1.165, 1.54) is 46.5 Å². The van der Waals surface area contributed by atoms with Crippen LogP contribution in [-0.4, -0.2) is 4.98 Å². The monoisotopic (exact) mass is 219 g/mol. The van der Waals surface area contributed by atoms with Gasteiger partial charge in [-0.1, -0.05) is 30.3 Å². The van der Waals surface area contributed by atoms with Crippen LogP contribution in [0.2, 0.25) is 0 Å². The molecule has 0 saturated heterocycles. The zero-order valence-corrected chi connectivity index (χ0v) is 9.61. The summed E-state index contributed by atoms with van der Waals surface area (Å²) in [5, 5.41) is 4.07. The second-order valence-corrected chi connectivity index (χ2v) is 4.80.